The Morgan fingerprint density at radius 2 is 2.00 bits per heavy atom. The number of aryl methyl sites for hydroxylation is 1. The first-order chi connectivity index (χ1) is 13.8. The number of fused-ring (bicyclic) bond motifs is 1. The molecular weight excluding hydrogens is 382 g/mol. The molecule has 5 rings (SSSR count). The maximum absolute atomic E-state index is 4.66. The minimum absolute atomic E-state index is 0. The van der Waals surface area contributed by atoms with Gasteiger partial charge in [0.25, 0.3) is 0 Å². The van der Waals surface area contributed by atoms with Crippen LogP contribution in [0.15, 0.2) is 48.9 Å². The Morgan fingerprint density at radius 3 is 2.83 bits per heavy atom. The first-order valence-electron chi connectivity index (χ1n) is 10.6. The lowest BCUT2D eigenvalue weighted by molar-refractivity contribution is 0.182. The van der Waals surface area contributed by atoms with Gasteiger partial charge in [0, 0.05) is 43.1 Å². The number of hydrogen-bond donors (Lipinski definition) is 1. The molecule has 1 aromatic carbocycles. The number of nitrogens with one attached hydrogen (secondary N) is 1. The van der Waals surface area contributed by atoms with Crippen molar-refractivity contribution in [1.29, 1.82) is 0 Å². The van der Waals surface area contributed by atoms with Gasteiger partial charge in [-0.25, -0.2) is 4.98 Å². The highest BCUT2D eigenvalue weighted by atomic mass is 35.5. The summed E-state index contributed by atoms with van der Waals surface area (Å²) >= 11 is 0. The van der Waals surface area contributed by atoms with E-state index in [4.69, 9.17) is 0 Å². The average molecular weight is 412 g/mol. The lowest BCUT2D eigenvalue weighted by Crippen LogP contribution is -2.36. The molecule has 0 radical (unpaired) electrons. The van der Waals surface area contributed by atoms with Crippen molar-refractivity contribution in [3.63, 3.8) is 0 Å². The molecule has 2 aliphatic rings. The smallest absolute Gasteiger partial charge is 0.122 e. The third-order valence-corrected chi connectivity index (χ3v) is 6.73. The maximum atomic E-state index is 4.66. The number of aromatic nitrogens is 3. The van der Waals surface area contributed by atoms with E-state index >= 15 is 0 Å². The van der Waals surface area contributed by atoms with Gasteiger partial charge in [0.1, 0.15) is 5.82 Å². The Balaban J connectivity index is 0.00000205. The van der Waals surface area contributed by atoms with Crippen LogP contribution in [0.25, 0.3) is 10.9 Å². The highest BCUT2D eigenvalue weighted by Crippen LogP contribution is 2.56. The van der Waals surface area contributed by atoms with E-state index in [0.29, 0.717) is 11.5 Å². The predicted octanol–water partition coefficient (Wildman–Crippen LogP) is 4.02. The fraction of sp³-hybridized carbons (Fsp3) is 0.478. The van der Waals surface area contributed by atoms with E-state index in [1.54, 1.807) is 0 Å². The Bertz CT molecular complexity index is 963. The second kappa shape index (κ2) is 8.42. The minimum atomic E-state index is 0. The van der Waals surface area contributed by atoms with Gasteiger partial charge in [0.15, 0.2) is 0 Å². The Hall–Kier alpha value is -1.95. The van der Waals surface area contributed by atoms with E-state index in [1.807, 2.05) is 18.5 Å². The van der Waals surface area contributed by atoms with Crippen molar-refractivity contribution < 1.29 is 0 Å². The molecule has 0 amide bonds. The fourth-order valence-corrected chi connectivity index (χ4v) is 5.00. The number of hydrogen-bond acceptors (Lipinski definition) is 4. The second-order valence-corrected chi connectivity index (χ2v) is 8.40. The Labute approximate surface area is 178 Å². The van der Waals surface area contributed by atoms with E-state index < -0.39 is 0 Å². The molecule has 1 saturated carbocycles. The molecule has 154 valence electrons. The number of pyridine rings is 1. The van der Waals surface area contributed by atoms with Crippen LogP contribution in [0.5, 0.6) is 0 Å². The van der Waals surface area contributed by atoms with E-state index in [1.165, 1.54) is 36.0 Å². The maximum Gasteiger partial charge on any atom is 0.122 e. The van der Waals surface area contributed by atoms with Gasteiger partial charge in [-0.05, 0) is 68.5 Å². The number of nitrogens with zero attached hydrogens (tertiary/aromatic N) is 4. The molecule has 3 aromatic rings. The number of rotatable bonds is 6. The highest BCUT2D eigenvalue weighted by Gasteiger charge is 2.56. The van der Waals surface area contributed by atoms with E-state index in [0.717, 1.165) is 38.2 Å². The molecule has 1 atom stereocenters. The van der Waals surface area contributed by atoms with Crippen LogP contribution < -0.4 is 5.32 Å². The molecule has 1 spiro atoms. The van der Waals surface area contributed by atoms with Crippen LogP contribution >= 0.6 is 12.4 Å². The molecule has 3 heterocycles. The minimum Gasteiger partial charge on any atom is -0.334 e. The quantitative estimate of drug-likeness (QED) is 0.665. The second-order valence-electron chi connectivity index (χ2n) is 8.40. The summed E-state index contributed by atoms with van der Waals surface area (Å²) in [5.41, 5.74) is 2.96. The number of halogens is 1. The molecule has 2 fully saturated rings. The summed E-state index contributed by atoms with van der Waals surface area (Å²) in [6.45, 7) is 7.39. The lowest BCUT2D eigenvalue weighted by atomic mass is 9.93. The third-order valence-electron chi connectivity index (χ3n) is 6.73. The van der Waals surface area contributed by atoms with Crippen LogP contribution in [0.4, 0.5) is 0 Å². The molecule has 0 bridgehead atoms. The van der Waals surface area contributed by atoms with E-state index in [-0.39, 0.29) is 12.4 Å². The monoisotopic (exact) mass is 411 g/mol. The van der Waals surface area contributed by atoms with E-state index in [9.17, 15) is 0 Å². The Morgan fingerprint density at radius 1 is 1.14 bits per heavy atom. The molecule has 1 aliphatic heterocycles. The molecule has 1 N–H and O–H groups in total. The van der Waals surface area contributed by atoms with Gasteiger partial charge in [-0.3, -0.25) is 9.88 Å². The first-order valence-corrected chi connectivity index (χ1v) is 10.6. The highest BCUT2D eigenvalue weighted by molar-refractivity contribution is 5.85. The topological polar surface area (TPSA) is 46.0 Å². The van der Waals surface area contributed by atoms with Crippen LogP contribution in [0, 0.1) is 5.41 Å². The summed E-state index contributed by atoms with van der Waals surface area (Å²) in [6.07, 6.45) is 9.84. The molecule has 5 nitrogen and oxygen atoms in total. The molecular formula is C23H30ClN5. The molecule has 2 aromatic heterocycles. The molecule has 6 heteroatoms. The standard InChI is InChI=1S/C23H29N5.ClH/c1-2-27-13-12-26-22(27)17-28(21-15-23(21)7-10-24-11-8-23)16-18-5-6-20-19(14-18)4-3-9-25-20;/h3-6,9,12-14,21,24H,2,7-8,10-11,15-17H2,1H3;1H. The summed E-state index contributed by atoms with van der Waals surface area (Å²) in [5.74, 6) is 1.18. The van der Waals surface area contributed by atoms with Crippen molar-refractivity contribution >= 4 is 23.3 Å². The van der Waals surface area contributed by atoms with Crippen LogP contribution in [-0.2, 0) is 19.6 Å². The lowest BCUT2D eigenvalue weighted by Gasteiger charge is -2.29. The normalized spacial score (nSPS) is 20.1. The van der Waals surface area contributed by atoms with Crippen LogP contribution in [-0.4, -0.2) is 38.6 Å². The molecule has 29 heavy (non-hydrogen) atoms. The summed E-state index contributed by atoms with van der Waals surface area (Å²) in [5, 5.41) is 4.76. The zero-order chi connectivity index (χ0) is 19.0. The van der Waals surface area contributed by atoms with Gasteiger partial charge in [-0.2, -0.15) is 0 Å². The van der Waals surface area contributed by atoms with Crippen LogP contribution in [0.1, 0.15) is 37.6 Å². The zero-order valence-corrected chi connectivity index (χ0v) is 17.9. The van der Waals surface area contributed by atoms with Crippen LogP contribution in [0.3, 0.4) is 0 Å². The SMILES string of the molecule is CCn1ccnc1CN(Cc1ccc2ncccc2c1)C1CC12CCNCC2.Cl. The largest absolute Gasteiger partial charge is 0.334 e. The predicted molar refractivity (Wildman–Crippen MR) is 119 cm³/mol. The van der Waals surface area contributed by atoms with Gasteiger partial charge >= 0.3 is 0 Å². The third kappa shape index (κ3) is 4.04. The first kappa shape index (κ1) is 20.3. The number of piperidine rings is 1. The Kier molecular flexibility index (Phi) is 5.91. The number of imidazole rings is 1. The van der Waals surface area contributed by atoms with Gasteiger partial charge in [0.05, 0.1) is 12.1 Å². The zero-order valence-electron chi connectivity index (χ0n) is 17.1. The molecule has 1 aliphatic carbocycles. The number of benzene rings is 1. The summed E-state index contributed by atoms with van der Waals surface area (Å²) in [7, 11) is 0. The van der Waals surface area contributed by atoms with E-state index in [2.05, 4.69) is 62.1 Å². The van der Waals surface area contributed by atoms with Crippen molar-refractivity contribution in [2.45, 2.75) is 51.9 Å². The summed E-state index contributed by atoms with van der Waals surface area (Å²) < 4.78 is 2.27. The van der Waals surface area contributed by atoms with Crippen molar-refractivity contribution in [3.8, 4) is 0 Å². The molecule has 1 saturated heterocycles. The van der Waals surface area contributed by atoms with Crippen molar-refractivity contribution in [2.75, 3.05) is 13.1 Å². The van der Waals surface area contributed by atoms with Gasteiger partial charge in [0.2, 0.25) is 0 Å². The van der Waals surface area contributed by atoms with Gasteiger partial charge in [-0.15, -0.1) is 12.4 Å². The van der Waals surface area contributed by atoms with Crippen molar-refractivity contribution in [1.82, 2.24) is 24.8 Å². The average Bonchev–Trinajstić information content (AvgIpc) is 3.22. The van der Waals surface area contributed by atoms with Crippen molar-refractivity contribution in [3.05, 3.63) is 60.3 Å². The van der Waals surface area contributed by atoms with Gasteiger partial charge in [-0.1, -0.05) is 12.1 Å². The fourth-order valence-electron chi connectivity index (χ4n) is 5.00. The molecule has 1 unspecified atom stereocenters. The van der Waals surface area contributed by atoms with Gasteiger partial charge < -0.3 is 9.88 Å². The summed E-state index contributed by atoms with van der Waals surface area (Å²) in [6, 6.07) is 11.5. The van der Waals surface area contributed by atoms with Crippen molar-refractivity contribution in [2.24, 2.45) is 5.41 Å². The summed E-state index contributed by atoms with van der Waals surface area (Å²) in [4.78, 5) is 11.8. The van der Waals surface area contributed by atoms with Crippen LogP contribution in [0.2, 0.25) is 0 Å².